The lowest BCUT2D eigenvalue weighted by Crippen LogP contribution is -2.44. The van der Waals surface area contributed by atoms with Crippen molar-refractivity contribution in [2.75, 3.05) is 33.5 Å². The third-order valence-corrected chi connectivity index (χ3v) is 2.44. The van der Waals surface area contributed by atoms with Crippen LogP contribution in [0.25, 0.3) is 0 Å². The Hall–Kier alpha value is -0.160. The first-order valence-corrected chi connectivity index (χ1v) is 5.31. The average Bonchev–Trinajstić information content (AvgIpc) is 2.13. The van der Waals surface area contributed by atoms with Crippen molar-refractivity contribution < 1.29 is 14.6 Å². The van der Waals surface area contributed by atoms with E-state index in [1.807, 2.05) is 0 Å². The maximum atomic E-state index is 9.04. The van der Waals surface area contributed by atoms with Crippen molar-refractivity contribution in [2.45, 2.75) is 31.4 Å². The van der Waals surface area contributed by atoms with Gasteiger partial charge in [0.1, 0.15) is 0 Å². The molecule has 4 heteroatoms. The third kappa shape index (κ3) is 4.91. The molecule has 2 N–H and O–H groups in total. The molecule has 1 saturated carbocycles. The maximum absolute atomic E-state index is 9.04. The summed E-state index contributed by atoms with van der Waals surface area (Å²) >= 11 is 0. The Labute approximate surface area is 85.6 Å². The number of aliphatic hydroxyl groups excluding tert-OH is 1. The van der Waals surface area contributed by atoms with E-state index < -0.39 is 0 Å². The molecule has 0 atom stereocenters. The first-order valence-electron chi connectivity index (χ1n) is 5.31. The molecule has 0 radical (unpaired) electrons. The molecule has 0 unspecified atom stereocenters. The van der Waals surface area contributed by atoms with E-state index in [1.165, 1.54) is 0 Å². The van der Waals surface area contributed by atoms with Crippen molar-refractivity contribution in [2.24, 2.45) is 0 Å². The van der Waals surface area contributed by atoms with Crippen LogP contribution in [0, 0.1) is 0 Å². The van der Waals surface area contributed by atoms with Gasteiger partial charge >= 0.3 is 0 Å². The molecule has 0 aliphatic heterocycles. The zero-order chi connectivity index (χ0) is 10.2. The summed E-state index contributed by atoms with van der Waals surface area (Å²) in [7, 11) is 1.67. The van der Waals surface area contributed by atoms with E-state index in [0.717, 1.165) is 32.4 Å². The maximum Gasteiger partial charge on any atom is 0.0700 e. The van der Waals surface area contributed by atoms with E-state index in [9.17, 15) is 0 Å². The summed E-state index contributed by atoms with van der Waals surface area (Å²) < 4.78 is 10.2. The highest BCUT2D eigenvalue weighted by Gasteiger charge is 2.25. The Kier molecular flexibility index (Phi) is 6.10. The average molecular weight is 203 g/mol. The molecule has 0 heterocycles. The fraction of sp³-hybridized carbons (Fsp3) is 1.00. The van der Waals surface area contributed by atoms with E-state index >= 15 is 0 Å². The first-order chi connectivity index (χ1) is 6.83. The van der Waals surface area contributed by atoms with Gasteiger partial charge in [-0.3, -0.25) is 0 Å². The Bertz CT molecular complexity index is 137. The second-order valence-corrected chi connectivity index (χ2v) is 3.74. The quantitative estimate of drug-likeness (QED) is 0.551. The van der Waals surface area contributed by atoms with Gasteiger partial charge in [-0.25, -0.2) is 0 Å². The lowest BCUT2D eigenvalue weighted by molar-refractivity contribution is 0.0559. The number of nitrogens with one attached hydrogen (secondary N) is 1. The van der Waals surface area contributed by atoms with Crippen LogP contribution in [0.2, 0.25) is 0 Å². The monoisotopic (exact) mass is 203 g/mol. The fourth-order valence-electron chi connectivity index (χ4n) is 1.48. The predicted molar refractivity (Wildman–Crippen MR) is 54.3 cm³/mol. The molecule has 1 aliphatic carbocycles. The number of hydrogen-bond donors (Lipinski definition) is 2. The smallest absolute Gasteiger partial charge is 0.0700 e. The topological polar surface area (TPSA) is 50.7 Å². The minimum Gasteiger partial charge on any atom is -0.393 e. The third-order valence-electron chi connectivity index (χ3n) is 2.44. The van der Waals surface area contributed by atoms with Gasteiger partial charge in [-0.15, -0.1) is 0 Å². The lowest BCUT2D eigenvalue weighted by atomic mass is 9.89. The number of methoxy groups -OCH3 is 1. The standard InChI is InChI=1S/C10H21NO3/c1-13-5-6-14-4-2-3-11-9-7-10(12)8-9/h9-12H,2-8H2,1H3. The van der Waals surface area contributed by atoms with Crippen LogP contribution in [0.1, 0.15) is 19.3 Å². The van der Waals surface area contributed by atoms with Crippen molar-refractivity contribution in [3.63, 3.8) is 0 Å². The highest BCUT2D eigenvalue weighted by atomic mass is 16.5. The van der Waals surface area contributed by atoms with Gasteiger partial charge in [0, 0.05) is 19.8 Å². The minimum absolute atomic E-state index is 0.0644. The number of rotatable bonds is 8. The largest absolute Gasteiger partial charge is 0.393 e. The van der Waals surface area contributed by atoms with Crippen molar-refractivity contribution in [1.82, 2.24) is 5.32 Å². The molecule has 0 saturated heterocycles. The van der Waals surface area contributed by atoms with Crippen molar-refractivity contribution in [3.05, 3.63) is 0 Å². The van der Waals surface area contributed by atoms with Crippen molar-refractivity contribution in [3.8, 4) is 0 Å². The van der Waals surface area contributed by atoms with Gasteiger partial charge in [-0.2, -0.15) is 0 Å². The minimum atomic E-state index is -0.0644. The van der Waals surface area contributed by atoms with E-state index in [0.29, 0.717) is 19.3 Å². The molecule has 14 heavy (non-hydrogen) atoms. The lowest BCUT2D eigenvalue weighted by Gasteiger charge is -2.32. The van der Waals surface area contributed by atoms with Gasteiger partial charge in [-0.05, 0) is 25.8 Å². The normalized spacial score (nSPS) is 26.1. The van der Waals surface area contributed by atoms with Crippen LogP contribution in [-0.2, 0) is 9.47 Å². The van der Waals surface area contributed by atoms with Crippen LogP contribution < -0.4 is 5.32 Å². The molecule has 0 aromatic heterocycles. The van der Waals surface area contributed by atoms with Crippen molar-refractivity contribution in [1.29, 1.82) is 0 Å². The van der Waals surface area contributed by atoms with Gasteiger partial charge < -0.3 is 19.9 Å². The van der Waals surface area contributed by atoms with Gasteiger partial charge in [0.05, 0.1) is 19.3 Å². The summed E-state index contributed by atoms with van der Waals surface area (Å²) in [5.74, 6) is 0. The van der Waals surface area contributed by atoms with Gasteiger partial charge in [0.25, 0.3) is 0 Å². The molecule has 0 amide bonds. The number of hydrogen-bond acceptors (Lipinski definition) is 4. The molecule has 0 bridgehead atoms. The summed E-state index contributed by atoms with van der Waals surface area (Å²) in [6.07, 6.45) is 2.77. The summed E-state index contributed by atoms with van der Waals surface area (Å²) in [5.41, 5.74) is 0. The zero-order valence-corrected chi connectivity index (χ0v) is 8.87. The SMILES string of the molecule is COCCOCCCNC1CC(O)C1. The van der Waals surface area contributed by atoms with E-state index in [1.54, 1.807) is 7.11 Å². The molecular formula is C10H21NO3. The number of ether oxygens (including phenoxy) is 2. The van der Waals surface area contributed by atoms with E-state index in [2.05, 4.69) is 5.32 Å². The van der Waals surface area contributed by atoms with Gasteiger partial charge in [-0.1, -0.05) is 0 Å². The molecular weight excluding hydrogens is 182 g/mol. The van der Waals surface area contributed by atoms with Crippen LogP contribution in [0.3, 0.4) is 0 Å². The predicted octanol–water partition coefficient (Wildman–Crippen LogP) is 0.152. The summed E-state index contributed by atoms with van der Waals surface area (Å²) in [5, 5.41) is 12.4. The molecule has 84 valence electrons. The van der Waals surface area contributed by atoms with Crippen molar-refractivity contribution >= 4 is 0 Å². The van der Waals surface area contributed by atoms with Crippen LogP contribution in [0.15, 0.2) is 0 Å². The second kappa shape index (κ2) is 7.17. The summed E-state index contributed by atoms with van der Waals surface area (Å²) in [4.78, 5) is 0. The van der Waals surface area contributed by atoms with E-state index in [4.69, 9.17) is 14.6 Å². The number of aliphatic hydroxyl groups is 1. The summed E-state index contributed by atoms with van der Waals surface area (Å²) in [6, 6.07) is 0.531. The summed E-state index contributed by atoms with van der Waals surface area (Å²) in [6.45, 7) is 3.11. The Balaban J connectivity index is 1.72. The van der Waals surface area contributed by atoms with Crippen LogP contribution in [0.5, 0.6) is 0 Å². The molecule has 1 fully saturated rings. The van der Waals surface area contributed by atoms with E-state index in [-0.39, 0.29) is 6.10 Å². The fourth-order valence-corrected chi connectivity index (χ4v) is 1.48. The molecule has 1 rings (SSSR count). The highest BCUT2D eigenvalue weighted by Crippen LogP contribution is 2.18. The molecule has 0 spiro atoms. The first kappa shape index (κ1) is 11.9. The highest BCUT2D eigenvalue weighted by molar-refractivity contribution is 4.84. The Morgan fingerprint density at radius 2 is 2.07 bits per heavy atom. The van der Waals surface area contributed by atoms with Gasteiger partial charge in [0.2, 0.25) is 0 Å². The Morgan fingerprint density at radius 1 is 1.29 bits per heavy atom. The van der Waals surface area contributed by atoms with Crippen LogP contribution in [-0.4, -0.2) is 50.7 Å². The molecule has 4 nitrogen and oxygen atoms in total. The molecule has 0 aromatic carbocycles. The zero-order valence-electron chi connectivity index (χ0n) is 8.87. The molecule has 0 aromatic rings. The second-order valence-electron chi connectivity index (χ2n) is 3.74. The molecule has 1 aliphatic rings. The van der Waals surface area contributed by atoms with Crippen LogP contribution >= 0.6 is 0 Å². The van der Waals surface area contributed by atoms with Gasteiger partial charge in [0.15, 0.2) is 0 Å². The Morgan fingerprint density at radius 3 is 2.71 bits per heavy atom. The van der Waals surface area contributed by atoms with Crippen LogP contribution in [0.4, 0.5) is 0 Å².